The van der Waals surface area contributed by atoms with Gasteiger partial charge in [-0.2, -0.15) is 0 Å². The van der Waals surface area contributed by atoms with Gasteiger partial charge in [0.25, 0.3) is 0 Å². The molecule has 0 spiro atoms. The van der Waals surface area contributed by atoms with Gasteiger partial charge in [-0.1, -0.05) is 61.6 Å². The fourth-order valence-electron chi connectivity index (χ4n) is 3.81. The second-order valence-corrected chi connectivity index (χ2v) is 8.94. The second kappa shape index (κ2) is 14.3. The molecule has 0 fully saturated rings. The van der Waals surface area contributed by atoms with Gasteiger partial charge in [-0.25, -0.2) is 0 Å². The van der Waals surface area contributed by atoms with E-state index in [1.54, 1.807) is 17.0 Å². The number of amides is 1. The number of aryl methyl sites for hydroxylation is 1. The highest BCUT2D eigenvalue weighted by Crippen LogP contribution is 2.17. The molecule has 0 N–H and O–H groups in total. The van der Waals surface area contributed by atoms with Crippen LogP contribution in [0.3, 0.4) is 0 Å². The van der Waals surface area contributed by atoms with Crippen molar-refractivity contribution in [1.82, 2.24) is 4.90 Å². The SMILES string of the molecule is C#CCCC(=O)N(Cc1ccc(C#Cc2ccc(CCCC)cc2)cc1)Cc1ccc(OC(C)=O)cc1. The van der Waals surface area contributed by atoms with Gasteiger partial charge in [0.05, 0.1) is 0 Å². The number of hydrogen-bond donors (Lipinski definition) is 0. The molecule has 3 aromatic rings. The summed E-state index contributed by atoms with van der Waals surface area (Å²) in [6.45, 7) is 4.45. The van der Waals surface area contributed by atoms with E-state index in [4.69, 9.17) is 11.2 Å². The topological polar surface area (TPSA) is 46.6 Å². The van der Waals surface area contributed by atoms with Gasteiger partial charge in [-0.15, -0.1) is 12.3 Å². The molecule has 0 aliphatic heterocycles. The Labute approximate surface area is 220 Å². The summed E-state index contributed by atoms with van der Waals surface area (Å²) in [7, 11) is 0. The van der Waals surface area contributed by atoms with Crippen LogP contribution in [0.2, 0.25) is 0 Å². The minimum Gasteiger partial charge on any atom is -0.427 e. The zero-order valence-electron chi connectivity index (χ0n) is 21.6. The molecule has 0 atom stereocenters. The molecular formula is C33H33NO3. The van der Waals surface area contributed by atoms with Gasteiger partial charge in [0, 0.05) is 44.0 Å². The van der Waals surface area contributed by atoms with Crippen LogP contribution in [-0.4, -0.2) is 16.8 Å². The zero-order chi connectivity index (χ0) is 26.5. The lowest BCUT2D eigenvalue weighted by atomic mass is 10.1. The summed E-state index contributed by atoms with van der Waals surface area (Å²) in [4.78, 5) is 25.8. The minimum atomic E-state index is -0.368. The summed E-state index contributed by atoms with van der Waals surface area (Å²) in [6, 6.07) is 23.6. The lowest BCUT2D eigenvalue weighted by Crippen LogP contribution is -2.29. The Kier molecular flexibility index (Phi) is 10.6. The number of carbonyl (C=O) groups is 2. The maximum absolute atomic E-state index is 12.9. The predicted molar refractivity (Wildman–Crippen MR) is 148 cm³/mol. The first-order valence-corrected chi connectivity index (χ1v) is 12.7. The number of rotatable bonds is 10. The van der Waals surface area contributed by atoms with Gasteiger partial charge in [0.1, 0.15) is 5.75 Å². The normalized spacial score (nSPS) is 10.1. The number of carbonyl (C=O) groups excluding carboxylic acids is 2. The first-order valence-electron chi connectivity index (χ1n) is 12.7. The first-order chi connectivity index (χ1) is 18.0. The molecule has 3 rings (SSSR count). The van der Waals surface area contributed by atoms with E-state index >= 15 is 0 Å². The Balaban J connectivity index is 1.66. The van der Waals surface area contributed by atoms with E-state index in [1.807, 2.05) is 36.4 Å². The molecular weight excluding hydrogens is 458 g/mol. The molecule has 0 saturated carbocycles. The van der Waals surface area contributed by atoms with Crippen LogP contribution in [0.4, 0.5) is 0 Å². The fraction of sp³-hybridized carbons (Fsp3) is 0.273. The molecule has 0 aliphatic carbocycles. The van der Waals surface area contributed by atoms with E-state index in [1.165, 1.54) is 25.3 Å². The van der Waals surface area contributed by atoms with Crippen molar-refractivity contribution >= 4 is 11.9 Å². The third-order valence-electron chi connectivity index (χ3n) is 5.85. The van der Waals surface area contributed by atoms with Crippen LogP contribution < -0.4 is 4.74 Å². The quantitative estimate of drug-likeness (QED) is 0.190. The van der Waals surface area contributed by atoms with Crippen molar-refractivity contribution in [3.63, 3.8) is 0 Å². The van der Waals surface area contributed by atoms with Crippen molar-refractivity contribution in [2.24, 2.45) is 0 Å². The lowest BCUT2D eigenvalue weighted by molar-refractivity contribution is -0.132. The van der Waals surface area contributed by atoms with Crippen molar-refractivity contribution < 1.29 is 14.3 Å². The summed E-state index contributed by atoms with van der Waals surface area (Å²) >= 11 is 0. The van der Waals surface area contributed by atoms with Crippen molar-refractivity contribution in [2.45, 2.75) is 59.0 Å². The van der Waals surface area contributed by atoms with Gasteiger partial charge < -0.3 is 9.64 Å². The molecule has 0 radical (unpaired) electrons. The number of unbranched alkanes of at least 4 members (excludes halogenated alkanes) is 1. The van der Waals surface area contributed by atoms with E-state index in [2.05, 4.69) is 49.0 Å². The van der Waals surface area contributed by atoms with Crippen molar-refractivity contribution in [3.8, 4) is 29.9 Å². The van der Waals surface area contributed by atoms with E-state index in [-0.39, 0.29) is 11.9 Å². The minimum absolute atomic E-state index is 0.00624. The standard InChI is InChI=1S/C33H33NO3/c1-4-6-8-27-10-12-28(13-11-27)14-15-29-16-18-30(19-17-29)24-34(33(36)9-7-5-2)25-31-20-22-32(23-21-31)37-26(3)35/h2,10-13,16-23H,4,6-9,24-25H2,1,3H3. The Morgan fingerprint density at radius 2 is 1.32 bits per heavy atom. The van der Waals surface area contributed by atoms with Gasteiger partial charge in [0.2, 0.25) is 5.91 Å². The Morgan fingerprint density at radius 1 is 0.811 bits per heavy atom. The number of esters is 1. The Bertz CT molecular complexity index is 1270. The van der Waals surface area contributed by atoms with Gasteiger partial charge in [0.15, 0.2) is 0 Å². The molecule has 1 amide bonds. The van der Waals surface area contributed by atoms with Crippen molar-refractivity contribution in [1.29, 1.82) is 0 Å². The lowest BCUT2D eigenvalue weighted by Gasteiger charge is -2.23. The summed E-state index contributed by atoms with van der Waals surface area (Å²) in [5.74, 6) is 9.10. The molecule has 37 heavy (non-hydrogen) atoms. The van der Waals surface area contributed by atoms with Crippen LogP contribution in [-0.2, 0) is 29.1 Å². The highest BCUT2D eigenvalue weighted by molar-refractivity contribution is 5.76. The van der Waals surface area contributed by atoms with Crippen LogP contribution >= 0.6 is 0 Å². The Morgan fingerprint density at radius 3 is 1.81 bits per heavy atom. The molecule has 3 aromatic carbocycles. The van der Waals surface area contributed by atoms with Gasteiger partial charge in [-0.3, -0.25) is 9.59 Å². The molecule has 0 aliphatic rings. The molecule has 4 heteroatoms. The number of terminal acetylenes is 1. The largest absolute Gasteiger partial charge is 0.427 e. The van der Waals surface area contributed by atoms with Crippen molar-refractivity contribution in [3.05, 3.63) is 101 Å². The van der Waals surface area contributed by atoms with Crippen LogP contribution in [0.15, 0.2) is 72.8 Å². The smallest absolute Gasteiger partial charge is 0.308 e. The molecule has 0 saturated heterocycles. The maximum atomic E-state index is 12.9. The number of benzene rings is 3. The first kappa shape index (κ1) is 27.3. The number of ether oxygens (including phenoxy) is 1. The third kappa shape index (κ3) is 9.36. The molecule has 0 bridgehead atoms. The highest BCUT2D eigenvalue weighted by Gasteiger charge is 2.14. The van der Waals surface area contributed by atoms with Gasteiger partial charge >= 0.3 is 5.97 Å². The average molecular weight is 492 g/mol. The zero-order valence-corrected chi connectivity index (χ0v) is 21.6. The highest BCUT2D eigenvalue weighted by atomic mass is 16.5. The summed E-state index contributed by atoms with van der Waals surface area (Å²) in [5.41, 5.74) is 5.21. The van der Waals surface area contributed by atoms with Crippen LogP contribution in [0.5, 0.6) is 5.75 Å². The van der Waals surface area contributed by atoms with E-state index in [0.717, 1.165) is 28.7 Å². The van der Waals surface area contributed by atoms with Gasteiger partial charge in [-0.05, 0) is 65.9 Å². The molecule has 188 valence electrons. The second-order valence-electron chi connectivity index (χ2n) is 8.94. The molecule has 0 aromatic heterocycles. The third-order valence-corrected chi connectivity index (χ3v) is 5.85. The van der Waals surface area contributed by atoms with Crippen LogP contribution in [0, 0.1) is 24.2 Å². The summed E-state index contributed by atoms with van der Waals surface area (Å²) < 4.78 is 5.10. The molecule has 0 heterocycles. The summed E-state index contributed by atoms with van der Waals surface area (Å²) in [5, 5.41) is 0. The summed E-state index contributed by atoms with van der Waals surface area (Å²) in [6.07, 6.45) is 9.57. The average Bonchev–Trinajstić information content (AvgIpc) is 2.91. The predicted octanol–water partition coefficient (Wildman–Crippen LogP) is 6.30. The van der Waals surface area contributed by atoms with Crippen LogP contribution in [0.1, 0.15) is 67.3 Å². The van der Waals surface area contributed by atoms with E-state index < -0.39 is 0 Å². The van der Waals surface area contributed by atoms with E-state index in [0.29, 0.717) is 31.7 Å². The van der Waals surface area contributed by atoms with Crippen LogP contribution in [0.25, 0.3) is 0 Å². The van der Waals surface area contributed by atoms with E-state index in [9.17, 15) is 9.59 Å². The molecule has 4 nitrogen and oxygen atoms in total. The number of nitrogens with zero attached hydrogens (tertiary/aromatic N) is 1. The molecule has 0 unspecified atom stereocenters. The maximum Gasteiger partial charge on any atom is 0.308 e. The fourth-order valence-corrected chi connectivity index (χ4v) is 3.81. The van der Waals surface area contributed by atoms with Crippen molar-refractivity contribution in [2.75, 3.05) is 0 Å². The monoisotopic (exact) mass is 491 g/mol. The number of hydrogen-bond acceptors (Lipinski definition) is 3. The Hall–Kier alpha value is -4.28.